The van der Waals surface area contributed by atoms with Crippen LogP contribution >= 0.6 is 7.75 Å². The summed E-state index contributed by atoms with van der Waals surface area (Å²) in [6.45, 7) is 0.329. The highest BCUT2D eigenvalue weighted by molar-refractivity contribution is 7.49. The zero-order chi connectivity index (χ0) is 13.0. The third-order valence-corrected chi connectivity index (χ3v) is 4.66. The Morgan fingerprint density at radius 3 is 2.28 bits per heavy atom. The maximum absolute atomic E-state index is 11.7. The summed E-state index contributed by atoms with van der Waals surface area (Å²) in [5.74, 6) is 0. The van der Waals surface area contributed by atoms with Crippen LogP contribution in [-0.2, 0) is 11.1 Å². The van der Waals surface area contributed by atoms with Crippen molar-refractivity contribution in [3.63, 3.8) is 0 Å². The number of hydrogen-bond donors (Lipinski definition) is 2. The molecule has 100 valence electrons. The fourth-order valence-electron chi connectivity index (χ4n) is 2.58. The molecular weight excluding hydrogens is 249 g/mol. The second-order valence-corrected chi connectivity index (χ2v) is 6.43. The summed E-state index contributed by atoms with van der Waals surface area (Å²) in [4.78, 5) is 19.1. The molecule has 0 atom stereocenters. The molecule has 5 heteroatoms. The number of nitrogens with zero attached hydrogens (tertiary/aromatic N) is 1. The highest BCUT2D eigenvalue weighted by Gasteiger charge is 2.33. The van der Waals surface area contributed by atoms with Gasteiger partial charge < -0.3 is 9.79 Å². The molecule has 1 aliphatic carbocycles. The zero-order valence-corrected chi connectivity index (χ0v) is 11.3. The van der Waals surface area contributed by atoms with E-state index in [0.717, 1.165) is 31.2 Å². The minimum absolute atomic E-state index is 0.0137. The predicted molar refractivity (Wildman–Crippen MR) is 70.9 cm³/mol. The van der Waals surface area contributed by atoms with Crippen LogP contribution in [0.1, 0.15) is 37.7 Å². The van der Waals surface area contributed by atoms with E-state index in [1.54, 1.807) is 0 Å². The molecule has 1 fully saturated rings. The zero-order valence-electron chi connectivity index (χ0n) is 10.4. The number of hydrogen-bond acceptors (Lipinski definition) is 1. The van der Waals surface area contributed by atoms with Crippen molar-refractivity contribution in [2.24, 2.45) is 0 Å². The topological polar surface area (TPSA) is 60.8 Å². The molecule has 0 aromatic heterocycles. The summed E-state index contributed by atoms with van der Waals surface area (Å²) in [6.07, 6.45) is 5.08. The van der Waals surface area contributed by atoms with E-state index in [0.29, 0.717) is 6.54 Å². The Bertz CT molecular complexity index is 412. The van der Waals surface area contributed by atoms with Crippen LogP contribution in [0, 0.1) is 0 Å². The van der Waals surface area contributed by atoms with Crippen LogP contribution in [0.25, 0.3) is 0 Å². The summed E-state index contributed by atoms with van der Waals surface area (Å²) >= 11 is 0. The summed E-state index contributed by atoms with van der Waals surface area (Å²) in [7, 11) is -4.18. The van der Waals surface area contributed by atoms with Gasteiger partial charge in [0.15, 0.2) is 0 Å². The van der Waals surface area contributed by atoms with Gasteiger partial charge in [-0.1, -0.05) is 49.6 Å². The molecule has 1 aromatic rings. The first kappa shape index (κ1) is 13.8. The van der Waals surface area contributed by atoms with Crippen LogP contribution < -0.4 is 0 Å². The maximum Gasteiger partial charge on any atom is 0.403 e. The Hall–Kier alpha value is -0.670. The monoisotopic (exact) mass is 269 g/mol. The molecule has 0 bridgehead atoms. The van der Waals surface area contributed by atoms with Crippen molar-refractivity contribution in [2.45, 2.75) is 44.7 Å². The normalized spacial score (nSPS) is 18.2. The fourth-order valence-corrected chi connectivity index (χ4v) is 3.59. The van der Waals surface area contributed by atoms with Gasteiger partial charge in [-0.2, -0.15) is 0 Å². The van der Waals surface area contributed by atoms with Gasteiger partial charge in [-0.3, -0.25) is 0 Å². The van der Waals surface area contributed by atoms with Crippen LogP contribution in [0.15, 0.2) is 30.3 Å². The third kappa shape index (κ3) is 3.66. The van der Waals surface area contributed by atoms with Crippen molar-refractivity contribution >= 4 is 7.75 Å². The lowest BCUT2D eigenvalue weighted by molar-refractivity contribution is 0.187. The Morgan fingerprint density at radius 1 is 1.11 bits per heavy atom. The number of benzene rings is 1. The average molecular weight is 269 g/mol. The first-order valence-electron chi connectivity index (χ1n) is 6.44. The third-order valence-electron chi connectivity index (χ3n) is 3.52. The van der Waals surface area contributed by atoms with Gasteiger partial charge in [-0.25, -0.2) is 9.24 Å². The van der Waals surface area contributed by atoms with Gasteiger partial charge in [0.1, 0.15) is 0 Å². The fraction of sp³-hybridized carbons (Fsp3) is 0.538. The van der Waals surface area contributed by atoms with Gasteiger partial charge in [0.25, 0.3) is 0 Å². The van der Waals surface area contributed by atoms with E-state index in [9.17, 15) is 14.4 Å². The van der Waals surface area contributed by atoms with Crippen LogP contribution in [0.3, 0.4) is 0 Å². The minimum atomic E-state index is -4.18. The van der Waals surface area contributed by atoms with E-state index in [-0.39, 0.29) is 6.04 Å². The van der Waals surface area contributed by atoms with E-state index in [1.165, 1.54) is 11.1 Å². The SMILES string of the molecule is O=P(O)(O)N(Cc1ccccc1)C1CCCCC1. The van der Waals surface area contributed by atoms with Crippen molar-refractivity contribution in [1.82, 2.24) is 4.67 Å². The molecule has 2 N–H and O–H groups in total. The second-order valence-electron chi connectivity index (χ2n) is 4.89. The summed E-state index contributed by atoms with van der Waals surface area (Å²) in [6, 6.07) is 9.53. The largest absolute Gasteiger partial charge is 0.403 e. The summed E-state index contributed by atoms with van der Waals surface area (Å²) in [5.41, 5.74) is 0.950. The molecular formula is C13H20NO3P. The van der Waals surface area contributed by atoms with Gasteiger partial charge in [0.2, 0.25) is 0 Å². The van der Waals surface area contributed by atoms with Crippen molar-refractivity contribution in [1.29, 1.82) is 0 Å². The lowest BCUT2D eigenvalue weighted by Crippen LogP contribution is -2.33. The smallest absolute Gasteiger partial charge is 0.312 e. The highest BCUT2D eigenvalue weighted by Crippen LogP contribution is 2.45. The van der Waals surface area contributed by atoms with Crippen LogP contribution in [0.4, 0.5) is 0 Å². The lowest BCUT2D eigenvalue weighted by Gasteiger charge is -2.34. The van der Waals surface area contributed by atoms with Crippen molar-refractivity contribution < 1.29 is 14.4 Å². The predicted octanol–water partition coefficient (Wildman–Crippen LogP) is 2.91. The van der Waals surface area contributed by atoms with Crippen molar-refractivity contribution in [2.75, 3.05) is 0 Å². The van der Waals surface area contributed by atoms with E-state index in [1.807, 2.05) is 30.3 Å². The Kier molecular flexibility index (Phi) is 4.57. The maximum atomic E-state index is 11.7. The van der Waals surface area contributed by atoms with Gasteiger partial charge in [0, 0.05) is 12.6 Å². The quantitative estimate of drug-likeness (QED) is 0.825. The standard InChI is InChI=1S/C13H20NO3P/c15-18(16,17)14(13-9-5-2-6-10-13)11-12-7-3-1-4-8-12/h1,3-4,7-8,13H,2,5-6,9-11H2,(H2,15,16,17). The Morgan fingerprint density at radius 2 is 1.72 bits per heavy atom. The molecule has 4 nitrogen and oxygen atoms in total. The average Bonchev–Trinajstić information content (AvgIpc) is 2.37. The van der Waals surface area contributed by atoms with E-state index in [4.69, 9.17) is 0 Å². The van der Waals surface area contributed by atoms with Crippen LogP contribution in [-0.4, -0.2) is 20.5 Å². The molecule has 18 heavy (non-hydrogen) atoms. The Balaban J connectivity index is 2.13. The van der Waals surface area contributed by atoms with Crippen molar-refractivity contribution in [3.05, 3.63) is 35.9 Å². The van der Waals surface area contributed by atoms with Gasteiger partial charge >= 0.3 is 7.75 Å². The Labute approximate surface area is 108 Å². The molecule has 0 amide bonds. The molecule has 0 saturated heterocycles. The molecule has 1 aromatic carbocycles. The van der Waals surface area contributed by atoms with Gasteiger partial charge in [0.05, 0.1) is 0 Å². The summed E-state index contributed by atoms with van der Waals surface area (Å²) in [5, 5.41) is 0. The highest BCUT2D eigenvalue weighted by atomic mass is 31.2. The second kappa shape index (κ2) is 5.98. The van der Waals surface area contributed by atoms with E-state index < -0.39 is 7.75 Å². The van der Waals surface area contributed by atoms with Gasteiger partial charge in [-0.15, -0.1) is 0 Å². The van der Waals surface area contributed by atoms with Crippen LogP contribution in [0.2, 0.25) is 0 Å². The molecule has 1 saturated carbocycles. The first-order chi connectivity index (χ1) is 8.57. The molecule has 2 rings (SSSR count). The number of rotatable bonds is 4. The lowest BCUT2D eigenvalue weighted by atomic mass is 9.95. The molecule has 0 radical (unpaired) electrons. The van der Waals surface area contributed by atoms with Crippen LogP contribution in [0.5, 0.6) is 0 Å². The van der Waals surface area contributed by atoms with Crippen molar-refractivity contribution in [3.8, 4) is 0 Å². The van der Waals surface area contributed by atoms with E-state index >= 15 is 0 Å². The molecule has 0 aliphatic heterocycles. The molecule has 0 heterocycles. The molecule has 1 aliphatic rings. The minimum Gasteiger partial charge on any atom is -0.312 e. The molecule has 0 unspecified atom stereocenters. The first-order valence-corrected chi connectivity index (χ1v) is 8.00. The van der Waals surface area contributed by atoms with E-state index in [2.05, 4.69) is 0 Å². The van der Waals surface area contributed by atoms with Gasteiger partial charge in [-0.05, 0) is 18.4 Å². The summed E-state index contributed by atoms with van der Waals surface area (Å²) < 4.78 is 13.0. The molecule has 0 spiro atoms.